The van der Waals surface area contributed by atoms with Crippen LogP contribution >= 0.6 is 23.2 Å². The van der Waals surface area contributed by atoms with Crippen molar-refractivity contribution in [1.82, 2.24) is 9.80 Å². The van der Waals surface area contributed by atoms with Crippen LogP contribution in [0.3, 0.4) is 0 Å². The van der Waals surface area contributed by atoms with E-state index in [2.05, 4.69) is 5.32 Å². The number of hydrogen-bond acceptors (Lipinski definition) is 3. The second kappa shape index (κ2) is 6.83. The summed E-state index contributed by atoms with van der Waals surface area (Å²) in [7, 11) is 3.89. The van der Waals surface area contributed by atoms with Gasteiger partial charge in [0.25, 0.3) is 0 Å². The van der Waals surface area contributed by atoms with E-state index in [-0.39, 0.29) is 12.1 Å². The number of carbonyl (C=O) groups excluding carboxylic acids is 1. The number of aliphatic hydroxyl groups excluding tert-OH is 1. The minimum absolute atomic E-state index is 0.00206. The molecule has 2 atom stereocenters. The molecule has 116 valence electrons. The van der Waals surface area contributed by atoms with Crippen LogP contribution in [0.2, 0.25) is 10.0 Å². The number of nitrogens with one attached hydrogen (secondary N) is 1. The number of anilines is 1. The van der Waals surface area contributed by atoms with Gasteiger partial charge in [-0.2, -0.15) is 0 Å². The van der Waals surface area contributed by atoms with Crippen LogP contribution in [0.25, 0.3) is 0 Å². The Morgan fingerprint density at radius 2 is 2.14 bits per heavy atom. The van der Waals surface area contributed by atoms with Gasteiger partial charge in [-0.1, -0.05) is 23.2 Å². The number of likely N-dealkylation sites (N-methyl/N-ethyl adjacent to an activating group) is 1. The first-order valence-corrected chi connectivity index (χ1v) is 7.48. The molecule has 2 N–H and O–H groups in total. The Bertz CT molecular complexity index is 525. The first-order valence-electron chi connectivity index (χ1n) is 6.72. The molecule has 0 spiro atoms. The van der Waals surface area contributed by atoms with Crippen LogP contribution in [0.1, 0.15) is 6.42 Å². The van der Waals surface area contributed by atoms with Gasteiger partial charge in [-0.05, 0) is 38.7 Å². The normalized spacial score (nSPS) is 21.9. The van der Waals surface area contributed by atoms with E-state index < -0.39 is 6.10 Å². The van der Waals surface area contributed by atoms with Crippen LogP contribution < -0.4 is 5.32 Å². The highest BCUT2D eigenvalue weighted by Crippen LogP contribution is 2.26. The Labute approximate surface area is 134 Å². The van der Waals surface area contributed by atoms with Crippen LogP contribution in [0.5, 0.6) is 0 Å². The van der Waals surface area contributed by atoms with Crippen molar-refractivity contribution in [3.05, 3.63) is 28.2 Å². The van der Waals surface area contributed by atoms with Gasteiger partial charge >= 0.3 is 6.03 Å². The summed E-state index contributed by atoms with van der Waals surface area (Å²) in [6.45, 7) is 1.05. The second-order valence-corrected chi connectivity index (χ2v) is 6.33. The van der Waals surface area contributed by atoms with E-state index in [0.717, 1.165) is 0 Å². The fourth-order valence-electron chi connectivity index (χ4n) is 2.50. The minimum Gasteiger partial charge on any atom is -0.391 e. The summed E-state index contributed by atoms with van der Waals surface area (Å²) in [6.07, 6.45) is 0.113. The number of β-amino-alcohol motifs (C(OH)–C–C–N with tert-alkyl or cyclic N) is 1. The van der Waals surface area contributed by atoms with E-state index >= 15 is 0 Å². The van der Waals surface area contributed by atoms with Crippen LogP contribution in [0.4, 0.5) is 10.5 Å². The van der Waals surface area contributed by atoms with Crippen LogP contribution in [0, 0.1) is 0 Å². The van der Waals surface area contributed by atoms with Gasteiger partial charge in [0.1, 0.15) is 0 Å². The molecule has 7 heteroatoms. The average Bonchev–Trinajstić information content (AvgIpc) is 2.74. The van der Waals surface area contributed by atoms with Crippen molar-refractivity contribution in [3.8, 4) is 0 Å². The Morgan fingerprint density at radius 1 is 1.43 bits per heavy atom. The first-order chi connectivity index (χ1) is 9.86. The summed E-state index contributed by atoms with van der Waals surface area (Å²) in [4.78, 5) is 16.0. The summed E-state index contributed by atoms with van der Waals surface area (Å²) in [5.41, 5.74) is 0.583. The lowest BCUT2D eigenvalue weighted by atomic mass is 10.2. The number of halogens is 2. The molecule has 0 aromatic heterocycles. The van der Waals surface area contributed by atoms with Gasteiger partial charge in [0, 0.05) is 24.8 Å². The monoisotopic (exact) mass is 331 g/mol. The zero-order valence-corrected chi connectivity index (χ0v) is 13.5. The van der Waals surface area contributed by atoms with Crippen molar-refractivity contribution in [2.45, 2.75) is 18.6 Å². The highest BCUT2D eigenvalue weighted by Gasteiger charge is 2.34. The third-order valence-corrected chi connectivity index (χ3v) is 4.14. The SMILES string of the molecule is CN(C)CC1CC(O)CN1C(=O)Nc1ccc(Cl)c(Cl)c1. The highest BCUT2D eigenvalue weighted by atomic mass is 35.5. The highest BCUT2D eigenvalue weighted by molar-refractivity contribution is 6.42. The van der Waals surface area contributed by atoms with E-state index in [1.807, 2.05) is 19.0 Å². The molecule has 21 heavy (non-hydrogen) atoms. The minimum atomic E-state index is -0.477. The summed E-state index contributed by atoms with van der Waals surface area (Å²) in [6, 6.07) is 4.69. The first kappa shape index (κ1) is 16.4. The Kier molecular flexibility index (Phi) is 5.32. The Morgan fingerprint density at radius 3 is 2.76 bits per heavy atom. The van der Waals surface area contributed by atoms with Gasteiger partial charge in [0.2, 0.25) is 0 Å². The summed E-state index contributed by atoms with van der Waals surface area (Å²) >= 11 is 11.8. The van der Waals surface area contributed by atoms with Crippen molar-refractivity contribution in [1.29, 1.82) is 0 Å². The summed E-state index contributed by atoms with van der Waals surface area (Å²) in [5, 5.41) is 13.4. The van der Waals surface area contributed by atoms with Gasteiger partial charge in [-0.25, -0.2) is 4.79 Å². The number of aliphatic hydroxyl groups is 1. The van der Waals surface area contributed by atoms with Crippen LogP contribution in [-0.2, 0) is 0 Å². The van der Waals surface area contributed by atoms with Crippen LogP contribution in [-0.4, -0.2) is 60.3 Å². The van der Waals surface area contributed by atoms with Gasteiger partial charge in [-0.3, -0.25) is 0 Å². The van der Waals surface area contributed by atoms with Crippen LogP contribution in [0.15, 0.2) is 18.2 Å². The molecule has 0 saturated carbocycles. The average molecular weight is 332 g/mol. The standard InChI is InChI=1S/C14H19Cl2N3O2/c1-18(2)7-10-6-11(20)8-19(10)14(21)17-9-3-4-12(15)13(16)5-9/h3-5,10-11,20H,6-8H2,1-2H3,(H,17,21). The molecule has 1 aromatic rings. The number of amides is 2. The number of rotatable bonds is 3. The maximum absolute atomic E-state index is 12.4. The lowest BCUT2D eigenvalue weighted by Crippen LogP contribution is -2.43. The molecule has 0 bridgehead atoms. The lowest BCUT2D eigenvalue weighted by molar-refractivity contribution is 0.174. The van der Waals surface area contributed by atoms with Gasteiger partial charge in [-0.15, -0.1) is 0 Å². The second-order valence-electron chi connectivity index (χ2n) is 5.52. The number of likely N-dealkylation sites (tertiary alicyclic amines) is 1. The molecule has 1 aliphatic heterocycles. The molecule has 2 unspecified atom stereocenters. The van der Waals surface area contributed by atoms with Crippen molar-refractivity contribution < 1.29 is 9.90 Å². The van der Waals surface area contributed by atoms with Crippen molar-refractivity contribution in [3.63, 3.8) is 0 Å². The molecule has 5 nitrogen and oxygen atoms in total. The molecular weight excluding hydrogens is 313 g/mol. The van der Waals surface area contributed by atoms with E-state index in [4.69, 9.17) is 23.2 Å². The molecule has 0 aliphatic carbocycles. The number of nitrogens with zero attached hydrogens (tertiary/aromatic N) is 2. The largest absolute Gasteiger partial charge is 0.391 e. The molecule has 1 aromatic carbocycles. The Balaban J connectivity index is 2.05. The molecular formula is C14H19Cl2N3O2. The predicted molar refractivity (Wildman–Crippen MR) is 85.2 cm³/mol. The number of benzene rings is 1. The fraction of sp³-hybridized carbons (Fsp3) is 0.500. The quantitative estimate of drug-likeness (QED) is 0.894. The number of hydrogen-bond donors (Lipinski definition) is 2. The molecule has 2 amide bonds. The Hall–Kier alpha value is -1.01. The maximum Gasteiger partial charge on any atom is 0.322 e. The smallest absolute Gasteiger partial charge is 0.322 e. The van der Waals surface area contributed by atoms with E-state index in [9.17, 15) is 9.90 Å². The molecule has 2 rings (SSSR count). The number of urea groups is 1. The zero-order valence-electron chi connectivity index (χ0n) is 12.0. The van der Waals surface area contributed by atoms with Crippen molar-refractivity contribution in [2.24, 2.45) is 0 Å². The van der Waals surface area contributed by atoms with E-state index in [1.165, 1.54) is 0 Å². The van der Waals surface area contributed by atoms with E-state index in [0.29, 0.717) is 35.2 Å². The molecule has 1 saturated heterocycles. The lowest BCUT2D eigenvalue weighted by Gasteiger charge is -2.27. The van der Waals surface area contributed by atoms with Gasteiger partial charge in [0.15, 0.2) is 0 Å². The van der Waals surface area contributed by atoms with Gasteiger partial charge < -0.3 is 20.2 Å². The zero-order chi connectivity index (χ0) is 15.6. The maximum atomic E-state index is 12.4. The molecule has 1 aliphatic rings. The van der Waals surface area contributed by atoms with E-state index in [1.54, 1.807) is 23.1 Å². The fourth-order valence-corrected chi connectivity index (χ4v) is 2.80. The summed E-state index contributed by atoms with van der Waals surface area (Å²) in [5.74, 6) is 0. The summed E-state index contributed by atoms with van der Waals surface area (Å²) < 4.78 is 0. The van der Waals surface area contributed by atoms with Crippen molar-refractivity contribution in [2.75, 3.05) is 32.5 Å². The molecule has 1 fully saturated rings. The van der Waals surface area contributed by atoms with Gasteiger partial charge in [0.05, 0.1) is 16.1 Å². The van der Waals surface area contributed by atoms with Crippen molar-refractivity contribution >= 4 is 34.9 Å². The third-order valence-electron chi connectivity index (χ3n) is 3.40. The molecule has 0 radical (unpaired) electrons. The predicted octanol–water partition coefficient (Wildman–Crippen LogP) is 2.52. The number of carbonyl (C=O) groups is 1. The molecule has 1 heterocycles. The third kappa shape index (κ3) is 4.23. The topological polar surface area (TPSA) is 55.8 Å².